The fraction of sp³-hybridized carbons (Fsp3) is 0.438. The zero-order valence-corrected chi connectivity index (χ0v) is 26.1. The molecule has 41 heavy (non-hydrogen) atoms. The summed E-state index contributed by atoms with van der Waals surface area (Å²) in [5.41, 5.74) is 12.3. The molecule has 3 aromatic rings. The number of benzene rings is 3. The lowest BCUT2D eigenvalue weighted by Gasteiger charge is -2.45. The lowest BCUT2D eigenvalue weighted by Crippen LogP contribution is -2.58. The van der Waals surface area contributed by atoms with Crippen molar-refractivity contribution in [1.29, 1.82) is 0 Å². The summed E-state index contributed by atoms with van der Waals surface area (Å²) in [5.74, 6) is 0. The van der Waals surface area contributed by atoms with E-state index < -0.39 is 33.7 Å². The van der Waals surface area contributed by atoms with E-state index in [1.54, 1.807) is 11.8 Å². The van der Waals surface area contributed by atoms with Crippen LogP contribution in [0.3, 0.4) is 0 Å². The zero-order valence-electron chi connectivity index (χ0n) is 24.4. The number of thioether (sulfide) groups is 1. The lowest BCUT2D eigenvalue weighted by molar-refractivity contribution is -0.145. The average Bonchev–Trinajstić information content (AvgIpc) is 2.97. The van der Waals surface area contributed by atoms with E-state index in [4.69, 9.17) is 9.47 Å². The minimum Gasteiger partial charge on any atom is -0.597 e. The molecule has 0 spiro atoms. The third-order valence-electron chi connectivity index (χ3n) is 7.07. The van der Waals surface area contributed by atoms with Gasteiger partial charge in [0.15, 0.2) is 0 Å². The quantitative estimate of drug-likeness (QED) is 0.0979. The van der Waals surface area contributed by atoms with Crippen LogP contribution in [0.1, 0.15) is 50.8 Å². The maximum atomic E-state index is 14.0. The maximum absolute atomic E-state index is 14.0. The van der Waals surface area contributed by atoms with Gasteiger partial charge >= 0.3 is 0 Å². The molecule has 0 bridgehead atoms. The molecule has 0 aliphatic carbocycles. The Bertz CT molecular complexity index is 1270. The van der Waals surface area contributed by atoms with E-state index in [0.717, 1.165) is 16.0 Å². The van der Waals surface area contributed by atoms with E-state index in [1.807, 2.05) is 73.6 Å². The highest BCUT2D eigenvalue weighted by Gasteiger charge is 2.47. The molecule has 1 saturated heterocycles. The molecule has 1 unspecified atom stereocenters. The summed E-state index contributed by atoms with van der Waals surface area (Å²) in [5, 5.41) is 4.15. The van der Waals surface area contributed by atoms with Crippen molar-refractivity contribution in [3.8, 4) is 0 Å². The maximum Gasteiger partial charge on any atom is 0.137 e. The van der Waals surface area contributed by atoms with Crippen molar-refractivity contribution in [2.45, 2.75) is 93.6 Å². The summed E-state index contributed by atoms with van der Waals surface area (Å²) >= 11 is 0.234. The van der Waals surface area contributed by atoms with E-state index >= 15 is 0 Å². The summed E-state index contributed by atoms with van der Waals surface area (Å²) in [4.78, 5) is 4.19. The SMILES string of the molecule is Cc1ccc(SC2O[C@H]([C@@H](C)N(Cc3ccccc3)[S@+]([O-])C(C)(C)C)[C@@H](OCc3ccccc3)C[C@H]2N=[N+]=[N-])cc1. The molecule has 3 aromatic carbocycles. The van der Waals surface area contributed by atoms with Crippen LogP contribution in [-0.4, -0.2) is 43.3 Å². The smallest absolute Gasteiger partial charge is 0.137 e. The molecule has 0 amide bonds. The molecule has 218 valence electrons. The highest BCUT2D eigenvalue weighted by Crippen LogP contribution is 2.39. The van der Waals surface area contributed by atoms with Crippen molar-refractivity contribution in [2.24, 2.45) is 5.11 Å². The topological polar surface area (TPSA) is 93.5 Å². The molecule has 0 saturated carbocycles. The van der Waals surface area contributed by atoms with Crippen molar-refractivity contribution in [2.75, 3.05) is 0 Å². The number of hydrogen-bond acceptors (Lipinski definition) is 6. The van der Waals surface area contributed by atoms with Gasteiger partial charge in [-0.15, -0.1) is 4.31 Å². The minimum atomic E-state index is -1.32. The first-order valence-corrected chi connectivity index (χ1v) is 16.0. The van der Waals surface area contributed by atoms with Crippen LogP contribution in [0.15, 0.2) is 94.9 Å². The standard InChI is InChI=1S/C32H40N4O3S2/c1-23-16-18-27(19-17-23)40-31-28(34-35-33)20-29(38-22-26-14-10-7-11-15-26)30(39-31)24(2)36(41(37)32(3,4)5)21-25-12-8-6-9-13-25/h6-19,24,28-31H,20-22H2,1-5H3/t24-,28-,29+,30-,31?,41-/m1/s1. The Balaban J connectivity index is 1.66. The minimum absolute atomic E-state index is 0.260. The van der Waals surface area contributed by atoms with Gasteiger partial charge in [0, 0.05) is 21.2 Å². The highest BCUT2D eigenvalue weighted by atomic mass is 32.2. The first-order valence-electron chi connectivity index (χ1n) is 14.0. The van der Waals surface area contributed by atoms with Crippen LogP contribution < -0.4 is 0 Å². The molecule has 7 nitrogen and oxygen atoms in total. The predicted molar refractivity (Wildman–Crippen MR) is 168 cm³/mol. The largest absolute Gasteiger partial charge is 0.597 e. The van der Waals surface area contributed by atoms with Crippen LogP contribution >= 0.6 is 11.8 Å². The molecular formula is C32H40N4O3S2. The summed E-state index contributed by atoms with van der Waals surface area (Å²) < 4.78 is 28.9. The molecular weight excluding hydrogens is 553 g/mol. The Morgan fingerprint density at radius 3 is 2.24 bits per heavy atom. The number of nitrogens with zero attached hydrogens (tertiary/aromatic N) is 4. The van der Waals surface area contributed by atoms with Gasteiger partial charge in [0.1, 0.15) is 16.3 Å². The van der Waals surface area contributed by atoms with Crippen molar-refractivity contribution in [3.63, 3.8) is 0 Å². The summed E-state index contributed by atoms with van der Waals surface area (Å²) in [7, 11) is 0. The first-order chi connectivity index (χ1) is 19.7. The van der Waals surface area contributed by atoms with Gasteiger partial charge in [-0.3, -0.25) is 0 Å². The molecule has 1 fully saturated rings. The molecule has 0 N–H and O–H groups in total. The van der Waals surface area contributed by atoms with Crippen molar-refractivity contribution in [1.82, 2.24) is 4.31 Å². The fourth-order valence-corrected chi connectivity index (χ4v) is 7.30. The van der Waals surface area contributed by atoms with Gasteiger partial charge in [0.25, 0.3) is 0 Å². The highest BCUT2D eigenvalue weighted by molar-refractivity contribution is 7.99. The lowest BCUT2D eigenvalue weighted by atomic mass is 9.96. The van der Waals surface area contributed by atoms with Gasteiger partial charge < -0.3 is 14.0 Å². The molecule has 9 heteroatoms. The van der Waals surface area contributed by atoms with E-state index in [0.29, 0.717) is 19.6 Å². The van der Waals surface area contributed by atoms with Crippen molar-refractivity contribution in [3.05, 3.63) is 112 Å². The summed E-state index contributed by atoms with van der Waals surface area (Å²) in [6.45, 7) is 11.0. The average molecular weight is 593 g/mol. The predicted octanol–water partition coefficient (Wildman–Crippen LogP) is 7.82. The summed E-state index contributed by atoms with van der Waals surface area (Å²) in [6, 6.07) is 27.7. The third kappa shape index (κ3) is 8.75. The normalized spacial score (nSPS) is 22.6. The van der Waals surface area contributed by atoms with Crippen LogP contribution in [0.25, 0.3) is 10.4 Å². The van der Waals surface area contributed by atoms with Gasteiger partial charge in [0.2, 0.25) is 0 Å². The van der Waals surface area contributed by atoms with E-state index in [1.165, 1.54) is 5.56 Å². The van der Waals surface area contributed by atoms with Crippen LogP contribution in [0.2, 0.25) is 0 Å². The molecule has 0 aromatic heterocycles. The Labute approximate surface area is 251 Å². The number of rotatable bonds is 11. The van der Waals surface area contributed by atoms with Crippen LogP contribution in [0, 0.1) is 6.92 Å². The van der Waals surface area contributed by atoms with Crippen LogP contribution in [-0.2, 0) is 34.0 Å². The van der Waals surface area contributed by atoms with Gasteiger partial charge in [-0.25, -0.2) is 0 Å². The number of aryl methyl sites for hydroxylation is 1. The molecule has 4 rings (SSSR count). The van der Waals surface area contributed by atoms with Crippen molar-refractivity contribution >= 4 is 23.1 Å². The van der Waals surface area contributed by atoms with E-state index in [9.17, 15) is 10.1 Å². The van der Waals surface area contributed by atoms with E-state index in [-0.39, 0.29) is 12.1 Å². The molecule has 0 radical (unpaired) electrons. The number of hydrogen-bond donors (Lipinski definition) is 0. The zero-order chi connectivity index (χ0) is 29.4. The molecule has 6 atom stereocenters. The second-order valence-electron chi connectivity index (χ2n) is 11.4. The monoisotopic (exact) mass is 592 g/mol. The Morgan fingerprint density at radius 1 is 1.05 bits per heavy atom. The van der Waals surface area contributed by atoms with Gasteiger partial charge in [0.05, 0.1) is 31.3 Å². The van der Waals surface area contributed by atoms with Crippen LogP contribution in [0.4, 0.5) is 0 Å². The third-order valence-corrected chi connectivity index (χ3v) is 10.2. The van der Waals surface area contributed by atoms with Gasteiger partial charge in [-0.05, 0) is 69.8 Å². The first kappa shape index (κ1) is 31.4. The summed E-state index contributed by atoms with van der Waals surface area (Å²) in [6.07, 6.45) is -0.288. The fourth-order valence-electron chi connectivity index (χ4n) is 4.84. The number of ether oxygens (including phenoxy) is 2. The Morgan fingerprint density at radius 2 is 1.66 bits per heavy atom. The molecule has 1 aliphatic heterocycles. The molecule has 1 aliphatic rings. The van der Waals surface area contributed by atoms with Gasteiger partial charge in [-0.2, -0.15) is 0 Å². The second kappa shape index (κ2) is 14.6. The van der Waals surface area contributed by atoms with Crippen molar-refractivity contribution < 1.29 is 14.0 Å². The number of azide groups is 1. The van der Waals surface area contributed by atoms with E-state index in [2.05, 4.69) is 60.3 Å². The second-order valence-corrected chi connectivity index (χ2v) is 14.8. The Hall–Kier alpha value is -2.49. The Kier molecular flexibility index (Phi) is 11.2. The van der Waals surface area contributed by atoms with Gasteiger partial charge in [-0.1, -0.05) is 95.2 Å². The molecule has 1 heterocycles. The van der Waals surface area contributed by atoms with Crippen LogP contribution in [0.5, 0.6) is 0 Å².